The van der Waals surface area contributed by atoms with Crippen LogP contribution in [0, 0.1) is 11.6 Å². The Hall–Kier alpha value is -1.85. The molecule has 4 rings (SSSR count). The quantitative estimate of drug-likeness (QED) is 0.659. The van der Waals surface area contributed by atoms with Crippen molar-refractivity contribution < 1.29 is 8.78 Å². The van der Waals surface area contributed by atoms with E-state index in [1.165, 1.54) is 23.4 Å². The van der Waals surface area contributed by atoms with Gasteiger partial charge in [-0.2, -0.15) is 0 Å². The molecule has 0 unspecified atom stereocenters. The van der Waals surface area contributed by atoms with Gasteiger partial charge in [0.1, 0.15) is 11.6 Å². The van der Waals surface area contributed by atoms with E-state index in [2.05, 4.69) is 41.1 Å². The number of para-hydroxylation sites is 1. The van der Waals surface area contributed by atoms with E-state index >= 15 is 0 Å². The molecule has 2 nitrogen and oxygen atoms in total. The van der Waals surface area contributed by atoms with Crippen molar-refractivity contribution in [2.24, 2.45) is 0 Å². The van der Waals surface area contributed by atoms with Crippen molar-refractivity contribution >= 4 is 17.4 Å². The molecule has 0 aromatic heterocycles. The number of halogens is 2. The lowest BCUT2D eigenvalue weighted by atomic mass is 9.72. The van der Waals surface area contributed by atoms with Gasteiger partial charge in [0.05, 0.1) is 4.90 Å². The van der Waals surface area contributed by atoms with Crippen LogP contribution in [-0.2, 0) is 11.8 Å². The molecule has 0 radical (unpaired) electrons. The highest BCUT2D eigenvalue weighted by Gasteiger charge is 2.43. The maximum atomic E-state index is 13.9. The second-order valence-electron chi connectivity index (χ2n) is 7.77. The number of nitrogens with zero attached hydrogens (tertiary/aromatic N) is 1. The van der Waals surface area contributed by atoms with Crippen molar-refractivity contribution in [2.45, 2.75) is 36.0 Å². The van der Waals surface area contributed by atoms with Crippen LogP contribution in [0.15, 0.2) is 53.6 Å². The topological polar surface area (TPSA) is 15.3 Å². The number of aryl methyl sites for hydroxylation is 1. The molecule has 0 saturated carbocycles. The molecule has 148 valence electrons. The molecule has 0 bridgehead atoms. The SMILES string of the molecule is C=C1Nc2ccccc2C12CCN(CCCc1cc(F)c(SC)c(F)c1)CC2. The lowest BCUT2D eigenvalue weighted by Gasteiger charge is -2.40. The highest BCUT2D eigenvalue weighted by Crippen LogP contribution is 2.49. The Labute approximate surface area is 170 Å². The molecule has 0 aliphatic carbocycles. The van der Waals surface area contributed by atoms with Crippen LogP contribution in [-0.4, -0.2) is 30.8 Å². The molecule has 1 spiro atoms. The Morgan fingerprint density at radius 2 is 1.82 bits per heavy atom. The Kier molecular flexibility index (Phi) is 5.48. The fraction of sp³-hybridized carbons (Fsp3) is 0.391. The minimum atomic E-state index is -0.451. The lowest BCUT2D eigenvalue weighted by molar-refractivity contribution is 0.179. The number of hydrogen-bond acceptors (Lipinski definition) is 3. The summed E-state index contributed by atoms with van der Waals surface area (Å²) in [5.41, 5.74) is 4.47. The summed E-state index contributed by atoms with van der Waals surface area (Å²) >= 11 is 1.11. The second kappa shape index (κ2) is 7.88. The van der Waals surface area contributed by atoms with Crippen molar-refractivity contribution in [3.63, 3.8) is 0 Å². The summed E-state index contributed by atoms with van der Waals surface area (Å²) in [6.07, 6.45) is 5.40. The van der Waals surface area contributed by atoms with Gasteiger partial charge in [-0.3, -0.25) is 0 Å². The van der Waals surface area contributed by atoms with Gasteiger partial charge in [0.2, 0.25) is 0 Å². The van der Waals surface area contributed by atoms with Crippen LogP contribution in [0.5, 0.6) is 0 Å². The monoisotopic (exact) mass is 400 g/mol. The lowest BCUT2D eigenvalue weighted by Crippen LogP contribution is -2.43. The average Bonchev–Trinajstić information content (AvgIpc) is 2.95. The fourth-order valence-electron chi connectivity index (χ4n) is 4.64. The van der Waals surface area contributed by atoms with E-state index < -0.39 is 11.6 Å². The van der Waals surface area contributed by atoms with Gasteiger partial charge >= 0.3 is 0 Å². The summed E-state index contributed by atoms with van der Waals surface area (Å²) in [5, 5.41) is 3.47. The largest absolute Gasteiger partial charge is 0.358 e. The van der Waals surface area contributed by atoms with E-state index in [1.54, 1.807) is 6.26 Å². The predicted molar refractivity (Wildman–Crippen MR) is 113 cm³/mol. The van der Waals surface area contributed by atoms with Crippen molar-refractivity contribution in [1.82, 2.24) is 4.90 Å². The maximum absolute atomic E-state index is 13.9. The van der Waals surface area contributed by atoms with Crippen molar-refractivity contribution in [2.75, 3.05) is 31.2 Å². The molecule has 2 aromatic carbocycles. The van der Waals surface area contributed by atoms with E-state index in [0.29, 0.717) is 6.42 Å². The molecule has 1 fully saturated rings. The molecular weight excluding hydrogens is 374 g/mol. The zero-order chi connectivity index (χ0) is 19.7. The first kappa shape index (κ1) is 19.5. The summed E-state index contributed by atoms with van der Waals surface area (Å²) in [4.78, 5) is 2.57. The highest BCUT2D eigenvalue weighted by molar-refractivity contribution is 7.98. The maximum Gasteiger partial charge on any atom is 0.139 e. The minimum Gasteiger partial charge on any atom is -0.358 e. The third-order valence-corrected chi connectivity index (χ3v) is 7.02. The number of benzene rings is 2. The summed E-state index contributed by atoms with van der Waals surface area (Å²) in [6, 6.07) is 11.5. The number of allylic oxidation sites excluding steroid dienone is 1. The molecule has 2 aromatic rings. The number of hydrogen-bond donors (Lipinski definition) is 1. The smallest absolute Gasteiger partial charge is 0.139 e. The molecule has 0 atom stereocenters. The van der Waals surface area contributed by atoms with E-state index in [4.69, 9.17) is 0 Å². The van der Waals surface area contributed by atoms with Crippen LogP contribution in [0.2, 0.25) is 0 Å². The molecule has 1 N–H and O–H groups in total. The highest BCUT2D eigenvalue weighted by atomic mass is 32.2. The first-order valence-corrected chi connectivity index (χ1v) is 11.1. The summed E-state index contributed by atoms with van der Waals surface area (Å²) in [6.45, 7) is 7.28. The van der Waals surface area contributed by atoms with E-state index in [0.717, 1.165) is 61.9 Å². The van der Waals surface area contributed by atoms with Gasteiger partial charge in [-0.1, -0.05) is 24.8 Å². The van der Waals surface area contributed by atoms with Gasteiger partial charge in [0.25, 0.3) is 0 Å². The van der Waals surface area contributed by atoms with Crippen LogP contribution in [0.3, 0.4) is 0 Å². The number of piperidine rings is 1. The molecule has 2 heterocycles. The van der Waals surface area contributed by atoms with Crippen LogP contribution in [0.1, 0.15) is 30.4 Å². The Bertz CT molecular complexity index is 865. The third-order valence-electron chi connectivity index (χ3n) is 6.22. The van der Waals surface area contributed by atoms with Crippen LogP contribution >= 0.6 is 11.8 Å². The van der Waals surface area contributed by atoms with Gasteiger partial charge in [-0.05, 0) is 80.9 Å². The molecule has 1 saturated heterocycles. The number of anilines is 1. The van der Waals surface area contributed by atoms with Crippen molar-refractivity contribution in [1.29, 1.82) is 0 Å². The molecule has 5 heteroatoms. The van der Waals surface area contributed by atoms with E-state index in [9.17, 15) is 8.78 Å². The fourth-order valence-corrected chi connectivity index (χ4v) is 5.15. The molecule has 0 amide bonds. The zero-order valence-electron chi connectivity index (χ0n) is 16.2. The molecule has 2 aliphatic heterocycles. The summed E-state index contributed by atoms with van der Waals surface area (Å²) in [7, 11) is 0. The van der Waals surface area contributed by atoms with E-state index in [-0.39, 0.29) is 10.3 Å². The zero-order valence-corrected chi connectivity index (χ0v) is 17.0. The van der Waals surface area contributed by atoms with Crippen molar-refractivity contribution in [3.05, 3.63) is 71.4 Å². The third kappa shape index (κ3) is 3.46. The Balaban J connectivity index is 1.33. The Morgan fingerprint density at radius 1 is 1.14 bits per heavy atom. The average molecular weight is 401 g/mol. The first-order valence-electron chi connectivity index (χ1n) is 9.84. The normalized spacial score (nSPS) is 18.3. The predicted octanol–water partition coefficient (Wildman–Crippen LogP) is 5.59. The van der Waals surface area contributed by atoms with Crippen LogP contribution in [0.25, 0.3) is 0 Å². The Morgan fingerprint density at radius 3 is 2.50 bits per heavy atom. The van der Waals surface area contributed by atoms with Gasteiger partial charge in [-0.25, -0.2) is 8.78 Å². The van der Waals surface area contributed by atoms with Crippen LogP contribution in [0.4, 0.5) is 14.5 Å². The summed E-state index contributed by atoms with van der Waals surface area (Å²) < 4.78 is 27.9. The number of rotatable bonds is 5. The molecule has 2 aliphatic rings. The molecular formula is C23H26F2N2S. The standard InChI is InChI=1S/C23H26F2N2S/c1-16-23(18-7-3-4-8-21(18)26-16)9-12-27(13-10-23)11-5-6-17-14-19(24)22(28-2)20(25)15-17/h3-4,7-8,14-15,26H,1,5-6,9-13H2,2H3. The van der Waals surface area contributed by atoms with E-state index in [1.807, 2.05) is 0 Å². The molecule has 28 heavy (non-hydrogen) atoms. The second-order valence-corrected chi connectivity index (χ2v) is 8.59. The van der Waals surface area contributed by atoms with Gasteiger partial charge in [-0.15, -0.1) is 11.8 Å². The van der Waals surface area contributed by atoms with Crippen LogP contribution < -0.4 is 5.32 Å². The first-order chi connectivity index (χ1) is 13.5. The number of likely N-dealkylation sites (tertiary alicyclic amines) is 1. The van der Waals surface area contributed by atoms with Gasteiger partial charge < -0.3 is 10.2 Å². The van der Waals surface area contributed by atoms with Gasteiger partial charge in [0.15, 0.2) is 0 Å². The number of thioether (sulfide) groups is 1. The minimum absolute atomic E-state index is 0.0486. The van der Waals surface area contributed by atoms with Crippen molar-refractivity contribution in [3.8, 4) is 0 Å². The number of nitrogens with one attached hydrogen (secondary N) is 1. The summed E-state index contributed by atoms with van der Waals surface area (Å²) in [5.74, 6) is -0.901. The van der Waals surface area contributed by atoms with Gasteiger partial charge in [0, 0.05) is 16.8 Å². The number of fused-ring (bicyclic) bond motifs is 2.